The minimum atomic E-state index is -4.05. The van der Waals surface area contributed by atoms with Crippen LogP contribution in [0.25, 0.3) is 0 Å². The Hall–Kier alpha value is -1.94. The number of nitrogens with two attached hydrogens (primary N) is 1. The Morgan fingerprint density at radius 3 is 2.61 bits per heavy atom. The number of nitrogens with one attached hydrogen (secondary N) is 1. The molecule has 1 aromatic heterocycles. The van der Waals surface area contributed by atoms with Crippen molar-refractivity contribution in [2.24, 2.45) is 12.8 Å². The summed E-state index contributed by atoms with van der Waals surface area (Å²) in [5.74, 6) is -2.41. The van der Waals surface area contributed by atoms with Gasteiger partial charge in [-0.15, -0.1) is 0 Å². The van der Waals surface area contributed by atoms with Gasteiger partial charge in [0.1, 0.15) is 10.9 Å². The summed E-state index contributed by atoms with van der Waals surface area (Å²) in [5.41, 5.74) is 4.84. The van der Waals surface area contributed by atoms with Crippen LogP contribution in [-0.2, 0) is 26.7 Å². The van der Waals surface area contributed by atoms with Crippen molar-refractivity contribution in [2.75, 3.05) is 0 Å². The van der Waals surface area contributed by atoms with Crippen molar-refractivity contribution in [3.8, 4) is 0 Å². The third-order valence-corrected chi connectivity index (χ3v) is 3.42. The van der Waals surface area contributed by atoms with Crippen LogP contribution in [0.2, 0.25) is 0 Å². The van der Waals surface area contributed by atoms with Gasteiger partial charge in [-0.1, -0.05) is 0 Å². The smallest absolute Gasteiger partial charge is 0.322 e. The summed E-state index contributed by atoms with van der Waals surface area (Å²) in [7, 11) is -2.54. The van der Waals surface area contributed by atoms with Crippen LogP contribution in [-0.4, -0.2) is 41.2 Å². The molecule has 0 saturated heterocycles. The monoisotopic (exact) mass is 276 g/mol. The van der Waals surface area contributed by atoms with Crippen LogP contribution in [0, 0.1) is 0 Å². The van der Waals surface area contributed by atoms with E-state index in [2.05, 4.69) is 5.10 Å². The van der Waals surface area contributed by atoms with Crippen LogP contribution in [0.3, 0.4) is 0 Å². The summed E-state index contributed by atoms with van der Waals surface area (Å²) in [6.45, 7) is 0. The van der Waals surface area contributed by atoms with Gasteiger partial charge in [-0.05, 0) is 0 Å². The number of carboxylic acid groups (broad SMARTS) is 1. The second-order valence-electron chi connectivity index (χ2n) is 3.53. The topological polar surface area (TPSA) is 144 Å². The number of rotatable bonds is 6. The lowest BCUT2D eigenvalue weighted by Gasteiger charge is -2.11. The van der Waals surface area contributed by atoms with Crippen molar-refractivity contribution in [2.45, 2.75) is 17.4 Å². The van der Waals surface area contributed by atoms with Crippen molar-refractivity contribution in [1.29, 1.82) is 0 Å². The Bertz CT molecular complexity index is 564. The summed E-state index contributed by atoms with van der Waals surface area (Å²) in [5, 5.41) is 12.4. The molecule has 4 N–H and O–H groups in total. The number of aliphatic carboxylic acids is 1. The van der Waals surface area contributed by atoms with E-state index in [1.54, 1.807) is 0 Å². The van der Waals surface area contributed by atoms with Gasteiger partial charge >= 0.3 is 5.97 Å². The zero-order valence-electron chi connectivity index (χ0n) is 9.40. The van der Waals surface area contributed by atoms with Crippen LogP contribution < -0.4 is 10.5 Å². The molecule has 0 unspecified atom stereocenters. The molecule has 1 amide bonds. The molecule has 1 atom stereocenters. The summed E-state index contributed by atoms with van der Waals surface area (Å²) in [6.07, 6.45) is 1.63. The maximum absolute atomic E-state index is 11.8. The summed E-state index contributed by atoms with van der Waals surface area (Å²) in [4.78, 5) is 21.2. The van der Waals surface area contributed by atoms with E-state index in [4.69, 9.17) is 10.8 Å². The number of hydrogen-bond acceptors (Lipinski definition) is 5. The van der Waals surface area contributed by atoms with E-state index in [9.17, 15) is 18.0 Å². The maximum Gasteiger partial charge on any atom is 0.322 e. The minimum Gasteiger partial charge on any atom is -0.480 e. The number of aryl methyl sites for hydroxylation is 1. The number of primary amides is 1. The largest absolute Gasteiger partial charge is 0.480 e. The maximum atomic E-state index is 11.8. The van der Waals surface area contributed by atoms with Crippen LogP contribution in [0.15, 0.2) is 17.3 Å². The van der Waals surface area contributed by atoms with E-state index in [1.807, 2.05) is 4.72 Å². The normalized spacial score (nSPS) is 13.2. The second kappa shape index (κ2) is 5.14. The predicted molar refractivity (Wildman–Crippen MR) is 58.8 cm³/mol. The lowest BCUT2D eigenvalue weighted by atomic mass is 10.2. The zero-order valence-corrected chi connectivity index (χ0v) is 10.2. The molecular formula is C8H12N4O5S. The van der Waals surface area contributed by atoms with E-state index in [0.29, 0.717) is 0 Å². The third-order valence-electron chi connectivity index (χ3n) is 1.99. The number of amides is 1. The number of hydrogen-bond donors (Lipinski definition) is 3. The number of carbonyl (C=O) groups excluding carboxylic acids is 1. The van der Waals surface area contributed by atoms with E-state index in [1.165, 1.54) is 17.9 Å². The van der Waals surface area contributed by atoms with Gasteiger partial charge in [-0.3, -0.25) is 14.3 Å². The first-order valence-corrected chi connectivity index (χ1v) is 6.23. The van der Waals surface area contributed by atoms with E-state index >= 15 is 0 Å². The number of sulfonamides is 1. The lowest BCUT2D eigenvalue weighted by molar-refractivity contribution is -0.140. The van der Waals surface area contributed by atoms with Crippen LogP contribution in [0.1, 0.15) is 6.42 Å². The molecule has 0 aliphatic carbocycles. The third kappa shape index (κ3) is 3.53. The van der Waals surface area contributed by atoms with E-state index in [-0.39, 0.29) is 4.90 Å². The molecule has 0 radical (unpaired) electrons. The first-order chi connectivity index (χ1) is 8.22. The van der Waals surface area contributed by atoms with Crippen molar-refractivity contribution in [3.05, 3.63) is 12.4 Å². The molecule has 9 nitrogen and oxygen atoms in total. The molecule has 0 bridgehead atoms. The van der Waals surface area contributed by atoms with Gasteiger partial charge in [-0.25, -0.2) is 8.42 Å². The highest BCUT2D eigenvalue weighted by Crippen LogP contribution is 2.08. The molecule has 0 aromatic carbocycles. The van der Waals surface area contributed by atoms with Crippen LogP contribution in [0.5, 0.6) is 0 Å². The first-order valence-electron chi connectivity index (χ1n) is 4.74. The summed E-state index contributed by atoms with van der Waals surface area (Å²) >= 11 is 0. The Balaban J connectivity index is 2.93. The van der Waals surface area contributed by atoms with E-state index in [0.717, 1.165) is 6.20 Å². The summed E-state index contributed by atoms with van der Waals surface area (Å²) < 4.78 is 26.6. The highest BCUT2D eigenvalue weighted by atomic mass is 32.2. The molecule has 1 rings (SSSR count). The van der Waals surface area contributed by atoms with Gasteiger partial charge in [0.25, 0.3) is 0 Å². The quantitative estimate of drug-likeness (QED) is 0.549. The highest BCUT2D eigenvalue weighted by Gasteiger charge is 2.27. The molecule has 0 aliphatic heterocycles. The number of carbonyl (C=O) groups is 2. The Labute approximate surface area is 103 Å². The van der Waals surface area contributed by atoms with Crippen molar-refractivity contribution in [3.63, 3.8) is 0 Å². The van der Waals surface area contributed by atoms with Crippen molar-refractivity contribution >= 4 is 21.9 Å². The van der Waals surface area contributed by atoms with Gasteiger partial charge in [0.2, 0.25) is 15.9 Å². The fourth-order valence-corrected chi connectivity index (χ4v) is 2.35. The molecule has 0 aliphatic rings. The van der Waals surface area contributed by atoms with Gasteiger partial charge in [0.15, 0.2) is 0 Å². The lowest BCUT2D eigenvalue weighted by Crippen LogP contribution is -2.43. The average molecular weight is 276 g/mol. The Kier molecular flexibility index (Phi) is 4.03. The zero-order chi connectivity index (χ0) is 13.9. The first kappa shape index (κ1) is 14.1. The summed E-state index contributed by atoms with van der Waals surface area (Å²) in [6, 6.07) is -1.60. The molecule has 1 aromatic rings. The predicted octanol–water partition coefficient (Wildman–Crippen LogP) is -1.97. The molecule has 0 saturated carbocycles. The molecule has 0 fully saturated rings. The number of nitrogens with zero attached hydrogens (tertiary/aromatic N) is 2. The standard InChI is InChI=1S/C8H12N4O5S/c1-12-4-5(3-10-12)18(16,17)11-6(8(14)15)2-7(9)13/h3-4,6,11H,2H2,1H3,(H2,9,13)(H,14,15)/t6-/m1/s1. The second-order valence-corrected chi connectivity index (χ2v) is 5.25. The minimum absolute atomic E-state index is 0.194. The molecule has 18 heavy (non-hydrogen) atoms. The fourth-order valence-electron chi connectivity index (χ4n) is 1.17. The molecule has 10 heteroatoms. The number of carboxylic acids is 1. The molecular weight excluding hydrogens is 264 g/mol. The SMILES string of the molecule is Cn1cc(S(=O)(=O)N[C@H](CC(N)=O)C(=O)O)cn1. The average Bonchev–Trinajstić information content (AvgIpc) is 2.63. The van der Waals surface area contributed by atoms with Crippen LogP contribution in [0.4, 0.5) is 0 Å². The van der Waals surface area contributed by atoms with Gasteiger partial charge in [-0.2, -0.15) is 9.82 Å². The number of aromatic nitrogens is 2. The van der Waals surface area contributed by atoms with Gasteiger partial charge < -0.3 is 10.8 Å². The molecule has 1 heterocycles. The van der Waals surface area contributed by atoms with Gasteiger partial charge in [0, 0.05) is 13.2 Å². The van der Waals surface area contributed by atoms with Gasteiger partial charge in [0.05, 0.1) is 12.6 Å². The molecule has 0 spiro atoms. The molecule has 100 valence electrons. The van der Waals surface area contributed by atoms with Crippen LogP contribution >= 0.6 is 0 Å². The van der Waals surface area contributed by atoms with Crippen molar-refractivity contribution < 1.29 is 23.1 Å². The van der Waals surface area contributed by atoms with Crippen molar-refractivity contribution in [1.82, 2.24) is 14.5 Å². The fraction of sp³-hybridized carbons (Fsp3) is 0.375. The van der Waals surface area contributed by atoms with E-state index < -0.39 is 34.4 Å². The Morgan fingerprint density at radius 1 is 1.61 bits per heavy atom. The highest BCUT2D eigenvalue weighted by molar-refractivity contribution is 7.89. The Morgan fingerprint density at radius 2 is 2.22 bits per heavy atom.